The van der Waals surface area contributed by atoms with Gasteiger partial charge in [-0.05, 0) is 49.6 Å². The Balaban J connectivity index is 1.46. The van der Waals surface area contributed by atoms with Gasteiger partial charge in [-0.15, -0.1) is 0 Å². The molecule has 2 aromatic rings. The first-order chi connectivity index (χ1) is 11.8. The Bertz CT molecular complexity index is 721. The predicted molar refractivity (Wildman–Crippen MR) is 95.8 cm³/mol. The Morgan fingerprint density at radius 3 is 2.58 bits per heavy atom. The van der Waals surface area contributed by atoms with Crippen LogP contribution in [-0.2, 0) is 4.79 Å². The third-order valence-corrected chi connectivity index (χ3v) is 4.88. The van der Waals surface area contributed by atoms with Crippen LogP contribution in [0, 0.1) is 0 Å². The lowest BCUT2D eigenvalue weighted by atomic mass is 9.92. The first-order valence-corrected chi connectivity index (χ1v) is 8.69. The maximum Gasteiger partial charge on any atom is 0.232 e. The minimum Gasteiger partial charge on any atom is -0.493 e. The van der Waals surface area contributed by atoms with Gasteiger partial charge in [0.2, 0.25) is 5.91 Å². The van der Waals surface area contributed by atoms with E-state index in [4.69, 9.17) is 4.74 Å². The zero-order valence-corrected chi connectivity index (χ0v) is 13.7. The highest BCUT2D eigenvalue weighted by atomic mass is 16.5. The van der Waals surface area contributed by atoms with Crippen LogP contribution in [0.3, 0.4) is 0 Å². The number of carbonyl (C=O) groups is 1. The monoisotopic (exact) mass is 322 g/mol. The second-order valence-corrected chi connectivity index (χ2v) is 6.46. The van der Waals surface area contributed by atoms with Crippen LogP contribution in [0.15, 0.2) is 48.5 Å². The van der Waals surface area contributed by atoms with E-state index in [0.717, 1.165) is 30.1 Å². The first kappa shape index (κ1) is 15.1. The van der Waals surface area contributed by atoms with Crippen LogP contribution in [0.4, 0.5) is 11.4 Å². The summed E-state index contributed by atoms with van der Waals surface area (Å²) in [6, 6.07) is 16.0. The van der Waals surface area contributed by atoms with Gasteiger partial charge in [0.1, 0.15) is 5.75 Å². The lowest BCUT2D eigenvalue weighted by Crippen LogP contribution is -2.26. The van der Waals surface area contributed by atoms with Crippen molar-refractivity contribution in [3.8, 4) is 5.75 Å². The molecular weight excluding hydrogens is 300 g/mol. The average Bonchev–Trinajstić information content (AvgIpc) is 3.16. The molecule has 0 radical (unpaired) electrons. The molecule has 0 aromatic heterocycles. The largest absolute Gasteiger partial charge is 0.493 e. The number of fused-ring (bicyclic) bond motifs is 1. The summed E-state index contributed by atoms with van der Waals surface area (Å²) in [5, 5.41) is 3.06. The molecule has 2 aromatic carbocycles. The standard InChI is InChI=1S/C20H22N2O2/c23-20(18-11-14-24-19-6-2-1-5-17(18)19)21-15-7-9-16(10-8-15)22-12-3-4-13-22/h1-2,5-10,18H,3-4,11-14H2,(H,21,23). The molecule has 1 atom stereocenters. The van der Waals surface area contributed by atoms with Gasteiger partial charge in [-0.2, -0.15) is 0 Å². The lowest BCUT2D eigenvalue weighted by molar-refractivity contribution is -0.118. The third kappa shape index (κ3) is 2.96. The molecule has 0 aliphatic carbocycles. The molecule has 4 rings (SSSR count). The van der Waals surface area contributed by atoms with Gasteiger partial charge >= 0.3 is 0 Å². The molecule has 1 saturated heterocycles. The van der Waals surface area contributed by atoms with Crippen LogP contribution >= 0.6 is 0 Å². The molecule has 2 heterocycles. The fourth-order valence-electron chi connectivity index (χ4n) is 3.57. The van der Waals surface area contributed by atoms with Crippen molar-refractivity contribution in [3.63, 3.8) is 0 Å². The van der Waals surface area contributed by atoms with E-state index < -0.39 is 0 Å². The molecule has 1 amide bonds. The molecule has 4 heteroatoms. The molecule has 24 heavy (non-hydrogen) atoms. The fourth-order valence-corrected chi connectivity index (χ4v) is 3.57. The van der Waals surface area contributed by atoms with Gasteiger partial charge < -0.3 is 15.0 Å². The van der Waals surface area contributed by atoms with E-state index in [1.165, 1.54) is 18.5 Å². The van der Waals surface area contributed by atoms with Crippen LogP contribution < -0.4 is 15.0 Å². The van der Waals surface area contributed by atoms with Crippen molar-refractivity contribution in [2.45, 2.75) is 25.2 Å². The maximum atomic E-state index is 12.7. The smallest absolute Gasteiger partial charge is 0.232 e. The number of ether oxygens (including phenoxy) is 1. The molecule has 124 valence electrons. The van der Waals surface area contributed by atoms with E-state index in [0.29, 0.717) is 13.0 Å². The summed E-state index contributed by atoms with van der Waals surface area (Å²) in [5.74, 6) is 0.723. The van der Waals surface area contributed by atoms with Crippen molar-refractivity contribution in [3.05, 3.63) is 54.1 Å². The van der Waals surface area contributed by atoms with Crippen molar-refractivity contribution < 1.29 is 9.53 Å². The highest BCUT2D eigenvalue weighted by Crippen LogP contribution is 2.34. The van der Waals surface area contributed by atoms with E-state index in [2.05, 4.69) is 22.3 Å². The quantitative estimate of drug-likeness (QED) is 0.935. The lowest BCUT2D eigenvalue weighted by Gasteiger charge is -2.25. The molecule has 0 spiro atoms. The number of nitrogens with one attached hydrogen (secondary N) is 1. The van der Waals surface area contributed by atoms with Crippen LogP contribution in [-0.4, -0.2) is 25.6 Å². The summed E-state index contributed by atoms with van der Waals surface area (Å²) < 4.78 is 5.64. The minimum absolute atomic E-state index is 0.0414. The molecule has 1 fully saturated rings. The van der Waals surface area contributed by atoms with Gasteiger partial charge in [0.05, 0.1) is 12.5 Å². The topological polar surface area (TPSA) is 41.6 Å². The van der Waals surface area contributed by atoms with Crippen LogP contribution in [0.5, 0.6) is 5.75 Å². The van der Waals surface area contributed by atoms with E-state index in [-0.39, 0.29) is 11.8 Å². The van der Waals surface area contributed by atoms with E-state index >= 15 is 0 Å². The second kappa shape index (κ2) is 6.56. The second-order valence-electron chi connectivity index (χ2n) is 6.46. The van der Waals surface area contributed by atoms with Crippen molar-refractivity contribution in [1.29, 1.82) is 0 Å². The number of para-hydroxylation sites is 1. The molecule has 1 N–H and O–H groups in total. The van der Waals surface area contributed by atoms with Gasteiger partial charge in [0.25, 0.3) is 0 Å². The number of nitrogens with zero attached hydrogens (tertiary/aromatic N) is 1. The van der Waals surface area contributed by atoms with Gasteiger partial charge in [-0.1, -0.05) is 18.2 Å². The number of benzene rings is 2. The number of hydrogen-bond donors (Lipinski definition) is 1. The Kier molecular flexibility index (Phi) is 4.11. The third-order valence-electron chi connectivity index (χ3n) is 4.88. The molecular formula is C20H22N2O2. The summed E-state index contributed by atoms with van der Waals surface area (Å²) in [5.41, 5.74) is 3.07. The van der Waals surface area contributed by atoms with Crippen LogP contribution in [0.25, 0.3) is 0 Å². The number of carbonyl (C=O) groups excluding carboxylic acids is 1. The molecule has 0 saturated carbocycles. The average molecular weight is 322 g/mol. The van der Waals surface area contributed by atoms with Crippen molar-refractivity contribution in [2.75, 3.05) is 29.9 Å². The SMILES string of the molecule is O=C(Nc1ccc(N2CCCC2)cc1)C1CCOc2ccccc21. The minimum atomic E-state index is -0.145. The van der Waals surface area contributed by atoms with Gasteiger partial charge in [0, 0.05) is 30.0 Å². The predicted octanol–water partition coefficient (Wildman–Crippen LogP) is 3.79. The number of amides is 1. The number of hydrogen-bond acceptors (Lipinski definition) is 3. The molecule has 4 nitrogen and oxygen atoms in total. The first-order valence-electron chi connectivity index (χ1n) is 8.69. The van der Waals surface area contributed by atoms with Crippen molar-refractivity contribution >= 4 is 17.3 Å². The zero-order chi connectivity index (χ0) is 16.4. The fraction of sp³-hybridized carbons (Fsp3) is 0.350. The molecule has 1 unspecified atom stereocenters. The zero-order valence-electron chi connectivity index (χ0n) is 13.7. The Morgan fingerprint density at radius 1 is 1.04 bits per heavy atom. The van der Waals surface area contributed by atoms with E-state index in [1.54, 1.807) is 0 Å². The van der Waals surface area contributed by atoms with Crippen molar-refractivity contribution in [1.82, 2.24) is 0 Å². The van der Waals surface area contributed by atoms with Crippen LogP contribution in [0.1, 0.15) is 30.7 Å². The van der Waals surface area contributed by atoms with E-state index in [1.807, 2.05) is 36.4 Å². The van der Waals surface area contributed by atoms with E-state index in [9.17, 15) is 4.79 Å². The number of anilines is 2. The van der Waals surface area contributed by atoms with Crippen molar-refractivity contribution in [2.24, 2.45) is 0 Å². The summed E-state index contributed by atoms with van der Waals surface area (Å²) in [4.78, 5) is 15.1. The maximum absolute atomic E-state index is 12.7. The summed E-state index contributed by atoms with van der Waals surface area (Å²) >= 11 is 0. The highest BCUT2D eigenvalue weighted by Gasteiger charge is 2.27. The van der Waals surface area contributed by atoms with Gasteiger partial charge in [0.15, 0.2) is 0 Å². The highest BCUT2D eigenvalue weighted by molar-refractivity contribution is 5.96. The summed E-state index contributed by atoms with van der Waals surface area (Å²) in [6.45, 7) is 2.85. The Morgan fingerprint density at radius 2 is 1.79 bits per heavy atom. The Labute approximate surface area is 142 Å². The van der Waals surface area contributed by atoms with Crippen LogP contribution in [0.2, 0.25) is 0 Å². The Hall–Kier alpha value is -2.49. The molecule has 2 aliphatic heterocycles. The number of rotatable bonds is 3. The summed E-state index contributed by atoms with van der Waals surface area (Å²) in [7, 11) is 0. The normalized spacial score (nSPS) is 19.5. The molecule has 0 bridgehead atoms. The van der Waals surface area contributed by atoms with Gasteiger partial charge in [-0.25, -0.2) is 0 Å². The molecule has 2 aliphatic rings. The van der Waals surface area contributed by atoms with Gasteiger partial charge in [-0.3, -0.25) is 4.79 Å². The summed E-state index contributed by atoms with van der Waals surface area (Å²) in [6.07, 6.45) is 3.25.